The minimum atomic E-state index is -0.254. The Labute approximate surface area is 97.6 Å². The molecule has 0 bridgehead atoms. The van der Waals surface area contributed by atoms with Gasteiger partial charge in [0.2, 0.25) is 0 Å². The van der Waals surface area contributed by atoms with Crippen LogP contribution < -0.4 is 0 Å². The van der Waals surface area contributed by atoms with Crippen molar-refractivity contribution in [2.45, 2.75) is 6.92 Å². The third-order valence-corrected chi connectivity index (χ3v) is 4.32. The molecule has 2 rings (SSSR count). The van der Waals surface area contributed by atoms with Crippen molar-refractivity contribution < 1.29 is 4.39 Å². The van der Waals surface area contributed by atoms with Crippen LogP contribution in [0.1, 0.15) is 5.69 Å². The summed E-state index contributed by atoms with van der Waals surface area (Å²) in [7, 11) is 0. The molecule has 14 heavy (non-hydrogen) atoms. The van der Waals surface area contributed by atoms with Crippen LogP contribution in [0.4, 0.5) is 4.39 Å². The average Bonchev–Trinajstić information content (AvgIpc) is 2.16. The molecule has 0 atom stereocenters. The Morgan fingerprint density at radius 1 is 1.21 bits per heavy atom. The van der Waals surface area contributed by atoms with E-state index >= 15 is 0 Å². The Kier molecular flexibility index (Phi) is 2.58. The topological polar surface area (TPSA) is 12.9 Å². The number of pyridine rings is 1. The van der Waals surface area contributed by atoms with Gasteiger partial charge < -0.3 is 0 Å². The molecule has 1 nitrogen and oxygen atoms in total. The fraction of sp³-hybridized carbons (Fsp3) is 0.100. The third-order valence-electron chi connectivity index (χ3n) is 1.99. The number of halogens is 3. The van der Waals surface area contributed by atoms with Gasteiger partial charge in [0.05, 0.1) is 15.7 Å². The van der Waals surface area contributed by atoms with Crippen molar-refractivity contribution in [1.82, 2.24) is 4.98 Å². The van der Waals surface area contributed by atoms with Crippen LogP contribution >= 0.6 is 31.9 Å². The van der Waals surface area contributed by atoms with E-state index in [1.807, 2.05) is 6.92 Å². The number of fused-ring (bicyclic) bond motifs is 1. The number of aryl methyl sites for hydroxylation is 1. The minimum absolute atomic E-state index is 0.254. The average molecular weight is 319 g/mol. The number of rotatable bonds is 0. The van der Waals surface area contributed by atoms with Gasteiger partial charge in [-0.25, -0.2) is 4.39 Å². The van der Waals surface area contributed by atoms with Gasteiger partial charge in [-0.2, -0.15) is 0 Å². The first-order valence-electron chi connectivity index (χ1n) is 4.00. The van der Waals surface area contributed by atoms with Gasteiger partial charge >= 0.3 is 0 Å². The zero-order chi connectivity index (χ0) is 10.3. The van der Waals surface area contributed by atoms with Crippen LogP contribution in [-0.2, 0) is 0 Å². The Morgan fingerprint density at radius 3 is 2.64 bits per heavy atom. The molecule has 0 aliphatic rings. The van der Waals surface area contributed by atoms with E-state index in [1.165, 1.54) is 12.1 Å². The van der Waals surface area contributed by atoms with Crippen molar-refractivity contribution in [1.29, 1.82) is 0 Å². The second kappa shape index (κ2) is 3.59. The van der Waals surface area contributed by atoms with Gasteiger partial charge in [-0.1, -0.05) is 0 Å². The fourth-order valence-electron chi connectivity index (χ4n) is 1.29. The summed E-state index contributed by atoms with van der Waals surface area (Å²) in [5.74, 6) is -0.254. The van der Waals surface area contributed by atoms with Crippen molar-refractivity contribution in [2.24, 2.45) is 0 Å². The highest BCUT2D eigenvalue weighted by molar-refractivity contribution is 9.13. The van der Waals surface area contributed by atoms with E-state index in [0.717, 1.165) is 25.5 Å². The standard InChI is InChI=1S/C10H6Br2FN/c1-5-9(11)10(12)7-4-6(13)2-3-8(7)14-5/h2-4H,1H3. The lowest BCUT2D eigenvalue weighted by atomic mass is 10.2. The zero-order valence-electron chi connectivity index (χ0n) is 7.31. The highest BCUT2D eigenvalue weighted by Gasteiger charge is 2.08. The van der Waals surface area contributed by atoms with Crippen molar-refractivity contribution in [3.8, 4) is 0 Å². The first-order chi connectivity index (χ1) is 6.59. The van der Waals surface area contributed by atoms with Gasteiger partial charge in [0, 0.05) is 9.86 Å². The van der Waals surface area contributed by atoms with E-state index in [-0.39, 0.29) is 5.82 Å². The summed E-state index contributed by atoms with van der Waals surface area (Å²) in [6.45, 7) is 1.90. The molecule has 1 heterocycles. The summed E-state index contributed by atoms with van der Waals surface area (Å²) in [4.78, 5) is 4.33. The molecule has 0 aliphatic carbocycles. The minimum Gasteiger partial charge on any atom is -0.252 e. The van der Waals surface area contributed by atoms with E-state index in [9.17, 15) is 4.39 Å². The number of hydrogen-bond donors (Lipinski definition) is 0. The molecule has 4 heteroatoms. The molecule has 1 aromatic heterocycles. The van der Waals surface area contributed by atoms with Gasteiger partial charge in [-0.15, -0.1) is 0 Å². The zero-order valence-corrected chi connectivity index (χ0v) is 10.5. The summed E-state index contributed by atoms with van der Waals surface area (Å²) >= 11 is 6.81. The van der Waals surface area contributed by atoms with Crippen LogP contribution in [0.3, 0.4) is 0 Å². The van der Waals surface area contributed by atoms with Crippen LogP contribution in [0.25, 0.3) is 10.9 Å². The van der Waals surface area contributed by atoms with Crippen molar-refractivity contribution >= 4 is 42.8 Å². The largest absolute Gasteiger partial charge is 0.252 e. The summed E-state index contributed by atoms with van der Waals surface area (Å²) in [6, 6.07) is 4.56. The van der Waals surface area contributed by atoms with Crippen molar-refractivity contribution in [2.75, 3.05) is 0 Å². The van der Waals surface area contributed by atoms with Crippen LogP contribution in [0, 0.1) is 12.7 Å². The summed E-state index contributed by atoms with van der Waals surface area (Å²) in [5.41, 5.74) is 1.68. The van der Waals surface area contributed by atoms with Crippen LogP contribution in [0.15, 0.2) is 27.1 Å². The van der Waals surface area contributed by atoms with E-state index in [4.69, 9.17) is 0 Å². The molecular formula is C10H6Br2FN. The Balaban J connectivity index is 2.92. The lowest BCUT2D eigenvalue weighted by Crippen LogP contribution is -1.88. The second-order valence-electron chi connectivity index (χ2n) is 2.99. The number of nitrogens with zero attached hydrogens (tertiary/aromatic N) is 1. The van der Waals surface area contributed by atoms with Crippen LogP contribution in [-0.4, -0.2) is 4.98 Å². The monoisotopic (exact) mass is 317 g/mol. The van der Waals surface area contributed by atoms with Gasteiger partial charge in [-0.05, 0) is 57.0 Å². The van der Waals surface area contributed by atoms with E-state index in [0.29, 0.717) is 0 Å². The predicted molar refractivity (Wildman–Crippen MR) is 61.8 cm³/mol. The third kappa shape index (κ3) is 1.57. The number of hydrogen-bond acceptors (Lipinski definition) is 1. The quantitative estimate of drug-likeness (QED) is 0.709. The molecule has 0 unspecified atom stereocenters. The van der Waals surface area contributed by atoms with Crippen LogP contribution in [0.5, 0.6) is 0 Å². The van der Waals surface area contributed by atoms with Crippen molar-refractivity contribution in [3.63, 3.8) is 0 Å². The second-order valence-corrected chi connectivity index (χ2v) is 4.57. The Morgan fingerprint density at radius 2 is 1.93 bits per heavy atom. The molecule has 0 aliphatic heterocycles. The van der Waals surface area contributed by atoms with Gasteiger partial charge in [-0.3, -0.25) is 4.98 Å². The summed E-state index contributed by atoms with van der Waals surface area (Å²) in [6.07, 6.45) is 0. The number of aromatic nitrogens is 1. The molecule has 0 spiro atoms. The van der Waals surface area contributed by atoms with E-state index in [2.05, 4.69) is 36.8 Å². The molecule has 0 amide bonds. The highest BCUT2D eigenvalue weighted by atomic mass is 79.9. The Bertz CT molecular complexity index is 511. The van der Waals surface area contributed by atoms with Gasteiger partial charge in [0.1, 0.15) is 5.82 Å². The maximum atomic E-state index is 13.0. The van der Waals surface area contributed by atoms with Crippen molar-refractivity contribution in [3.05, 3.63) is 38.7 Å². The normalized spacial score (nSPS) is 10.9. The fourth-order valence-corrected chi connectivity index (χ4v) is 2.20. The summed E-state index contributed by atoms with van der Waals surface area (Å²) in [5, 5.41) is 0.780. The molecule has 0 radical (unpaired) electrons. The maximum absolute atomic E-state index is 13.0. The SMILES string of the molecule is Cc1nc2ccc(F)cc2c(Br)c1Br. The molecule has 0 fully saturated rings. The molecule has 1 aromatic carbocycles. The van der Waals surface area contributed by atoms with Crippen LogP contribution in [0.2, 0.25) is 0 Å². The molecule has 0 saturated carbocycles. The molecule has 0 saturated heterocycles. The highest BCUT2D eigenvalue weighted by Crippen LogP contribution is 2.32. The molecule has 2 aromatic rings. The number of benzene rings is 1. The Hall–Kier alpha value is -0.480. The lowest BCUT2D eigenvalue weighted by Gasteiger charge is -2.05. The van der Waals surface area contributed by atoms with E-state index in [1.54, 1.807) is 6.07 Å². The van der Waals surface area contributed by atoms with E-state index < -0.39 is 0 Å². The first-order valence-corrected chi connectivity index (χ1v) is 5.59. The summed E-state index contributed by atoms with van der Waals surface area (Å²) < 4.78 is 14.7. The lowest BCUT2D eigenvalue weighted by molar-refractivity contribution is 0.629. The van der Waals surface area contributed by atoms with Gasteiger partial charge in [0.15, 0.2) is 0 Å². The smallest absolute Gasteiger partial charge is 0.124 e. The predicted octanol–water partition coefficient (Wildman–Crippen LogP) is 4.21. The molecular weight excluding hydrogens is 313 g/mol. The molecule has 0 N–H and O–H groups in total. The van der Waals surface area contributed by atoms with Gasteiger partial charge in [0.25, 0.3) is 0 Å². The maximum Gasteiger partial charge on any atom is 0.124 e. The molecule has 72 valence electrons. The first kappa shape index (κ1) is 10.1.